The molecular formula is C14H21N3O4S. The zero-order valence-electron chi connectivity index (χ0n) is 12.4. The zero-order valence-corrected chi connectivity index (χ0v) is 13.2. The fourth-order valence-corrected chi connectivity index (χ4v) is 3.34. The first-order valence-electron chi connectivity index (χ1n) is 7.59. The van der Waals surface area contributed by atoms with Crippen LogP contribution in [-0.2, 0) is 14.4 Å². The Labute approximate surface area is 133 Å². The van der Waals surface area contributed by atoms with E-state index in [1.165, 1.54) is 0 Å². The molecule has 8 heteroatoms. The lowest BCUT2D eigenvalue weighted by Gasteiger charge is -2.13. The normalized spacial score (nSPS) is 18.8. The highest BCUT2D eigenvalue weighted by atomic mass is 32.2. The van der Waals surface area contributed by atoms with Crippen LogP contribution in [0.2, 0.25) is 0 Å². The average molecular weight is 327 g/mol. The second-order valence-corrected chi connectivity index (χ2v) is 6.43. The minimum absolute atomic E-state index is 0.0941. The fourth-order valence-electron chi connectivity index (χ4n) is 2.59. The standard InChI is InChI=1S/C14H21N3O4S/c18-11(5-6-12(19)16-10-3-1-2-4-10)15-7-8-17-13(20)9-22-14(17)21/h10H,1-9H2,(H,15,18)(H,16,19). The van der Waals surface area contributed by atoms with Gasteiger partial charge in [0, 0.05) is 32.0 Å². The number of carbonyl (C=O) groups is 4. The molecule has 2 aliphatic rings. The van der Waals surface area contributed by atoms with Crippen LogP contribution in [0.1, 0.15) is 38.5 Å². The molecule has 4 amide bonds. The molecule has 0 spiro atoms. The maximum absolute atomic E-state index is 11.7. The van der Waals surface area contributed by atoms with Gasteiger partial charge in [0.25, 0.3) is 5.24 Å². The van der Waals surface area contributed by atoms with Crippen LogP contribution in [0.25, 0.3) is 0 Å². The highest BCUT2D eigenvalue weighted by Crippen LogP contribution is 2.18. The first-order valence-corrected chi connectivity index (χ1v) is 8.58. The number of hydrogen-bond donors (Lipinski definition) is 2. The third-order valence-corrected chi connectivity index (χ3v) is 4.66. The zero-order chi connectivity index (χ0) is 15.9. The summed E-state index contributed by atoms with van der Waals surface area (Å²) in [6.45, 7) is 0.409. The lowest BCUT2D eigenvalue weighted by Crippen LogP contribution is -2.38. The van der Waals surface area contributed by atoms with Gasteiger partial charge in [0.1, 0.15) is 0 Å². The van der Waals surface area contributed by atoms with Crippen molar-refractivity contribution in [2.75, 3.05) is 18.8 Å². The predicted molar refractivity (Wildman–Crippen MR) is 82.2 cm³/mol. The van der Waals surface area contributed by atoms with Crippen LogP contribution in [0, 0.1) is 0 Å². The quantitative estimate of drug-likeness (QED) is 0.715. The van der Waals surface area contributed by atoms with Crippen molar-refractivity contribution >= 4 is 34.7 Å². The Morgan fingerprint density at radius 2 is 1.82 bits per heavy atom. The van der Waals surface area contributed by atoms with Gasteiger partial charge in [0.05, 0.1) is 5.75 Å². The molecule has 1 aliphatic heterocycles. The van der Waals surface area contributed by atoms with E-state index >= 15 is 0 Å². The number of nitrogens with zero attached hydrogens (tertiary/aromatic N) is 1. The molecule has 0 radical (unpaired) electrons. The van der Waals surface area contributed by atoms with E-state index in [0.717, 1.165) is 42.3 Å². The molecule has 0 aromatic heterocycles. The molecule has 0 aromatic rings. The summed E-state index contributed by atoms with van der Waals surface area (Å²) >= 11 is 0.973. The molecule has 7 nitrogen and oxygen atoms in total. The van der Waals surface area contributed by atoms with Crippen molar-refractivity contribution < 1.29 is 19.2 Å². The van der Waals surface area contributed by atoms with E-state index in [2.05, 4.69) is 10.6 Å². The van der Waals surface area contributed by atoms with Crippen LogP contribution in [0.15, 0.2) is 0 Å². The number of thioether (sulfide) groups is 1. The van der Waals surface area contributed by atoms with E-state index in [-0.39, 0.29) is 60.7 Å². The van der Waals surface area contributed by atoms with E-state index in [0.29, 0.717) is 0 Å². The highest BCUT2D eigenvalue weighted by molar-refractivity contribution is 8.14. The number of carbonyl (C=O) groups excluding carboxylic acids is 4. The molecule has 0 aromatic carbocycles. The minimum atomic E-state index is -0.268. The van der Waals surface area contributed by atoms with Gasteiger partial charge in [0.15, 0.2) is 0 Å². The summed E-state index contributed by atoms with van der Waals surface area (Å²) in [6.07, 6.45) is 4.63. The fraction of sp³-hybridized carbons (Fsp3) is 0.714. The summed E-state index contributed by atoms with van der Waals surface area (Å²) < 4.78 is 0. The molecule has 0 bridgehead atoms. The summed E-state index contributed by atoms with van der Waals surface area (Å²) in [4.78, 5) is 47.2. The molecular weight excluding hydrogens is 306 g/mol. The van der Waals surface area contributed by atoms with Gasteiger partial charge in [0.2, 0.25) is 17.7 Å². The van der Waals surface area contributed by atoms with E-state index in [1.807, 2.05) is 0 Å². The minimum Gasteiger partial charge on any atom is -0.354 e. The van der Waals surface area contributed by atoms with Gasteiger partial charge in [-0.3, -0.25) is 24.1 Å². The van der Waals surface area contributed by atoms with Crippen molar-refractivity contribution in [3.63, 3.8) is 0 Å². The summed E-state index contributed by atoms with van der Waals surface area (Å²) in [5, 5.41) is 5.28. The molecule has 2 fully saturated rings. The first kappa shape index (κ1) is 16.8. The maximum atomic E-state index is 11.7. The van der Waals surface area contributed by atoms with Gasteiger partial charge in [-0.15, -0.1) is 0 Å². The van der Waals surface area contributed by atoms with Crippen LogP contribution in [0.4, 0.5) is 4.79 Å². The Bertz CT molecular complexity index is 447. The van der Waals surface area contributed by atoms with Crippen LogP contribution >= 0.6 is 11.8 Å². The number of imide groups is 1. The molecule has 2 N–H and O–H groups in total. The van der Waals surface area contributed by atoms with Crippen LogP contribution in [-0.4, -0.2) is 52.7 Å². The van der Waals surface area contributed by atoms with E-state index in [4.69, 9.17) is 0 Å². The van der Waals surface area contributed by atoms with Crippen molar-refractivity contribution in [2.45, 2.75) is 44.6 Å². The highest BCUT2D eigenvalue weighted by Gasteiger charge is 2.29. The second kappa shape index (κ2) is 8.17. The average Bonchev–Trinajstić information content (AvgIpc) is 3.09. The number of hydrogen-bond acceptors (Lipinski definition) is 5. The van der Waals surface area contributed by atoms with Crippen molar-refractivity contribution in [2.24, 2.45) is 0 Å². The van der Waals surface area contributed by atoms with Gasteiger partial charge in [-0.25, -0.2) is 0 Å². The van der Waals surface area contributed by atoms with Gasteiger partial charge in [-0.1, -0.05) is 24.6 Å². The molecule has 2 rings (SSSR count). The largest absolute Gasteiger partial charge is 0.354 e. The van der Waals surface area contributed by atoms with Gasteiger partial charge in [-0.05, 0) is 12.8 Å². The van der Waals surface area contributed by atoms with Crippen molar-refractivity contribution in [1.82, 2.24) is 15.5 Å². The molecule has 1 saturated carbocycles. The van der Waals surface area contributed by atoms with E-state index in [9.17, 15) is 19.2 Å². The Balaban J connectivity index is 1.56. The topological polar surface area (TPSA) is 95.6 Å². The molecule has 1 heterocycles. The second-order valence-electron chi connectivity index (χ2n) is 5.50. The summed E-state index contributed by atoms with van der Waals surface area (Å²) in [5.74, 6) is -0.384. The SMILES string of the molecule is O=C(CCC(=O)NC1CCCC1)NCCN1C(=O)CSC1=O. The Kier molecular flexibility index (Phi) is 6.23. The smallest absolute Gasteiger partial charge is 0.288 e. The van der Waals surface area contributed by atoms with Gasteiger partial charge < -0.3 is 10.6 Å². The summed E-state index contributed by atoms with van der Waals surface area (Å²) in [5.41, 5.74) is 0. The number of rotatable bonds is 7. The Morgan fingerprint density at radius 1 is 1.14 bits per heavy atom. The summed E-state index contributed by atoms with van der Waals surface area (Å²) in [7, 11) is 0. The van der Waals surface area contributed by atoms with Crippen LogP contribution < -0.4 is 10.6 Å². The molecule has 1 aliphatic carbocycles. The Hall–Kier alpha value is -1.57. The predicted octanol–water partition coefficient (Wildman–Crippen LogP) is 0.637. The molecule has 0 unspecified atom stereocenters. The third-order valence-electron chi connectivity index (χ3n) is 3.80. The van der Waals surface area contributed by atoms with Crippen LogP contribution in [0.3, 0.4) is 0 Å². The van der Waals surface area contributed by atoms with Crippen molar-refractivity contribution in [1.29, 1.82) is 0 Å². The van der Waals surface area contributed by atoms with Crippen molar-refractivity contribution in [3.8, 4) is 0 Å². The van der Waals surface area contributed by atoms with Gasteiger partial charge >= 0.3 is 0 Å². The van der Waals surface area contributed by atoms with E-state index in [1.54, 1.807) is 0 Å². The van der Waals surface area contributed by atoms with Gasteiger partial charge in [-0.2, -0.15) is 0 Å². The van der Waals surface area contributed by atoms with E-state index < -0.39 is 0 Å². The first-order chi connectivity index (χ1) is 10.6. The number of nitrogens with one attached hydrogen (secondary N) is 2. The number of amides is 4. The monoisotopic (exact) mass is 327 g/mol. The van der Waals surface area contributed by atoms with Crippen LogP contribution in [0.5, 0.6) is 0 Å². The summed E-state index contributed by atoms with van der Waals surface area (Å²) in [6, 6.07) is 0.264. The van der Waals surface area contributed by atoms with Crippen molar-refractivity contribution in [3.05, 3.63) is 0 Å². The molecule has 122 valence electrons. The maximum Gasteiger partial charge on any atom is 0.288 e. The molecule has 0 atom stereocenters. The third kappa shape index (κ3) is 5.01. The molecule has 1 saturated heterocycles. The molecule has 22 heavy (non-hydrogen) atoms. The lowest BCUT2D eigenvalue weighted by atomic mass is 10.2. The lowest BCUT2D eigenvalue weighted by molar-refractivity contribution is -0.127. The Morgan fingerprint density at radius 3 is 2.45 bits per heavy atom.